The Morgan fingerprint density at radius 1 is 1.22 bits per heavy atom. The van der Waals surface area contributed by atoms with Gasteiger partial charge in [-0.05, 0) is 24.3 Å². The van der Waals surface area contributed by atoms with Crippen LogP contribution in [0.1, 0.15) is 5.69 Å². The van der Waals surface area contributed by atoms with E-state index in [0.29, 0.717) is 5.69 Å². The summed E-state index contributed by atoms with van der Waals surface area (Å²) < 4.78 is 0. The van der Waals surface area contributed by atoms with Gasteiger partial charge in [0.25, 0.3) is 0 Å². The van der Waals surface area contributed by atoms with Gasteiger partial charge in [-0.15, -0.1) is 0 Å². The Labute approximate surface area is 105 Å². The molecule has 0 saturated heterocycles. The molecule has 0 radical (unpaired) electrons. The molecular formula is C13H14N4O. The molecule has 2 rings (SSSR count). The molecule has 0 saturated carbocycles. The van der Waals surface area contributed by atoms with Crippen LogP contribution in [0.4, 0.5) is 11.4 Å². The second-order valence-electron chi connectivity index (χ2n) is 3.75. The van der Waals surface area contributed by atoms with Crippen LogP contribution in [-0.4, -0.2) is 23.1 Å². The number of para-hydroxylation sites is 1. The molecule has 18 heavy (non-hydrogen) atoms. The van der Waals surface area contributed by atoms with Crippen molar-refractivity contribution in [3.05, 3.63) is 54.4 Å². The van der Waals surface area contributed by atoms with Crippen LogP contribution < -0.4 is 10.6 Å². The summed E-state index contributed by atoms with van der Waals surface area (Å²) in [6, 6.07) is 13.5. The summed E-state index contributed by atoms with van der Waals surface area (Å²) in [6.07, 6.45) is 1.61. The van der Waals surface area contributed by atoms with Gasteiger partial charge in [0.1, 0.15) is 5.69 Å². The number of nitrogens with two attached hydrogens (primary N) is 1. The minimum atomic E-state index is -0.00613. The fraction of sp³-hybridized carbons (Fsp3) is 0.0769. The first kappa shape index (κ1) is 11.9. The molecule has 1 heterocycles. The number of benzene rings is 1. The van der Waals surface area contributed by atoms with Crippen molar-refractivity contribution in [3.8, 4) is 0 Å². The number of amidine groups is 1. The largest absolute Gasteiger partial charge is 0.409 e. The van der Waals surface area contributed by atoms with E-state index in [2.05, 4.69) is 10.1 Å². The summed E-state index contributed by atoms with van der Waals surface area (Å²) in [5, 5.41) is 11.8. The number of anilines is 2. The standard InChI is InChI=1S/C13H14N4O/c1-17(10-6-3-2-4-7-10)11-8-5-9-15-12(11)13(14)16-18/h2-9,18H,1H3,(H2,14,16). The molecule has 0 atom stereocenters. The number of pyridine rings is 1. The summed E-state index contributed by atoms with van der Waals surface area (Å²) in [5.41, 5.74) is 7.85. The highest BCUT2D eigenvalue weighted by Crippen LogP contribution is 2.25. The lowest BCUT2D eigenvalue weighted by molar-refractivity contribution is 0.318. The van der Waals surface area contributed by atoms with Crippen molar-refractivity contribution in [1.82, 2.24) is 4.98 Å². The number of hydrogen-bond acceptors (Lipinski definition) is 4. The molecule has 0 spiro atoms. The molecule has 0 fully saturated rings. The first-order chi connectivity index (χ1) is 8.74. The molecule has 0 amide bonds. The molecule has 0 aliphatic carbocycles. The Morgan fingerprint density at radius 2 is 1.94 bits per heavy atom. The molecule has 1 aromatic carbocycles. The zero-order valence-electron chi connectivity index (χ0n) is 9.99. The normalized spacial score (nSPS) is 11.3. The van der Waals surface area contributed by atoms with Crippen LogP contribution in [0.15, 0.2) is 53.8 Å². The molecule has 92 valence electrons. The highest BCUT2D eigenvalue weighted by molar-refractivity contribution is 6.00. The second kappa shape index (κ2) is 5.18. The van der Waals surface area contributed by atoms with E-state index in [-0.39, 0.29) is 5.84 Å². The highest BCUT2D eigenvalue weighted by atomic mass is 16.4. The highest BCUT2D eigenvalue weighted by Gasteiger charge is 2.12. The predicted octanol–water partition coefficient (Wildman–Crippen LogP) is 1.94. The van der Waals surface area contributed by atoms with Crippen LogP contribution >= 0.6 is 0 Å². The van der Waals surface area contributed by atoms with E-state index in [1.807, 2.05) is 54.4 Å². The van der Waals surface area contributed by atoms with Crippen LogP contribution in [0.5, 0.6) is 0 Å². The fourth-order valence-corrected chi connectivity index (χ4v) is 1.70. The summed E-state index contributed by atoms with van der Waals surface area (Å²) in [5.74, 6) is -0.00613. The Kier molecular flexibility index (Phi) is 3.43. The van der Waals surface area contributed by atoms with E-state index in [9.17, 15) is 0 Å². The summed E-state index contributed by atoms with van der Waals surface area (Å²) in [4.78, 5) is 6.07. The van der Waals surface area contributed by atoms with Gasteiger partial charge >= 0.3 is 0 Å². The predicted molar refractivity (Wildman–Crippen MR) is 71.3 cm³/mol. The lowest BCUT2D eigenvalue weighted by Crippen LogP contribution is -2.20. The van der Waals surface area contributed by atoms with E-state index in [4.69, 9.17) is 10.9 Å². The Bertz CT molecular complexity index is 554. The van der Waals surface area contributed by atoms with Crippen molar-refractivity contribution in [3.63, 3.8) is 0 Å². The maximum atomic E-state index is 8.77. The van der Waals surface area contributed by atoms with Crippen LogP contribution in [0.3, 0.4) is 0 Å². The Morgan fingerprint density at radius 3 is 2.61 bits per heavy atom. The van der Waals surface area contributed by atoms with E-state index < -0.39 is 0 Å². The number of aromatic nitrogens is 1. The summed E-state index contributed by atoms with van der Waals surface area (Å²) >= 11 is 0. The molecular weight excluding hydrogens is 228 g/mol. The fourth-order valence-electron chi connectivity index (χ4n) is 1.70. The van der Waals surface area contributed by atoms with Gasteiger partial charge in [-0.25, -0.2) is 0 Å². The van der Waals surface area contributed by atoms with Crippen LogP contribution in [0, 0.1) is 0 Å². The zero-order chi connectivity index (χ0) is 13.0. The lowest BCUT2D eigenvalue weighted by atomic mass is 10.2. The van der Waals surface area contributed by atoms with Crippen LogP contribution in [-0.2, 0) is 0 Å². The van der Waals surface area contributed by atoms with Crippen molar-refractivity contribution in [2.75, 3.05) is 11.9 Å². The molecule has 0 unspecified atom stereocenters. The monoisotopic (exact) mass is 242 g/mol. The first-order valence-corrected chi connectivity index (χ1v) is 5.45. The summed E-state index contributed by atoms with van der Waals surface area (Å²) in [6.45, 7) is 0. The maximum Gasteiger partial charge on any atom is 0.190 e. The first-order valence-electron chi connectivity index (χ1n) is 5.45. The quantitative estimate of drug-likeness (QED) is 0.373. The van der Waals surface area contributed by atoms with Crippen LogP contribution in [0.25, 0.3) is 0 Å². The zero-order valence-corrected chi connectivity index (χ0v) is 9.99. The van der Waals surface area contributed by atoms with Gasteiger partial charge in [-0.1, -0.05) is 23.4 Å². The molecule has 0 bridgehead atoms. The van der Waals surface area contributed by atoms with Gasteiger partial charge in [0.05, 0.1) is 5.69 Å². The summed E-state index contributed by atoms with van der Waals surface area (Å²) in [7, 11) is 1.90. The molecule has 5 nitrogen and oxygen atoms in total. The van der Waals surface area contributed by atoms with Crippen molar-refractivity contribution in [2.24, 2.45) is 10.9 Å². The maximum absolute atomic E-state index is 8.77. The van der Waals surface area contributed by atoms with Crippen LogP contribution in [0.2, 0.25) is 0 Å². The average molecular weight is 242 g/mol. The molecule has 0 aliphatic rings. The number of rotatable bonds is 3. The van der Waals surface area contributed by atoms with Crippen molar-refractivity contribution >= 4 is 17.2 Å². The van der Waals surface area contributed by atoms with E-state index in [1.165, 1.54) is 0 Å². The van der Waals surface area contributed by atoms with Gasteiger partial charge in [0.2, 0.25) is 0 Å². The lowest BCUT2D eigenvalue weighted by Gasteiger charge is -2.21. The smallest absolute Gasteiger partial charge is 0.190 e. The molecule has 0 aliphatic heterocycles. The third kappa shape index (κ3) is 2.24. The Balaban J connectivity index is 2.46. The molecule has 2 aromatic rings. The molecule has 5 heteroatoms. The SMILES string of the molecule is CN(c1ccccc1)c1cccnc1/C(N)=N/O. The number of nitrogens with zero attached hydrogens (tertiary/aromatic N) is 3. The molecule has 1 aromatic heterocycles. The average Bonchev–Trinajstić information content (AvgIpc) is 2.46. The van der Waals surface area contributed by atoms with Crippen molar-refractivity contribution < 1.29 is 5.21 Å². The minimum Gasteiger partial charge on any atom is -0.409 e. The minimum absolute atomic E-state index is 0.00613. The van der Waals surface area contributed by atoms with Gasteiger partial charge < -0.3 is 15.8 Å². The van der Waals surface area contributed by atoms with E-state index >= 15 is 0 Å². The second-order valence-corrected chi connectivity index (χ2v) is 3.75. The van der Waals surface area contributed by atoms with Crippen molar-refractivity contribution in [1.29, 1.82) is 0 Å². The number of oxime groups is 1. The topological polar surface area (TPSA) is 74.7 Å². The van der Waals surface area contributed by atoms with Gasteiger partial charge in [0.15, 0.2) is 5.84 Å². The molecule has 3 N–H and O–H groups in total. The van der Waals surface area contributed by atoms with Gasteiger partial charge in [-0.2, -0.15) is 0 Å². The van der Waals surface area contributed by atoms with E-state index in [0.717, 1.165) is 11.4 Å². The third-order valence-corrected chi connectivity index (χ3v) is 2.64. The van der Waals surface area contributed by atoms with Crippen molar-refractivity contribution in [2.45, 2.75) is 0 Å². The number of hydrogen-bond donors (Lipinski definition) is 2. The van der Waals surface area contributed by atoms with Gasteiger partial charge in [0, 0.05) is 18.9 Å². The Hall–Kier alpha value is -2.56. The van der Waals surface area contributed by atoms with E-state index in [1.54, 1.807) is 6.20 Å². The third-order valence-electron chi connectivity index (χ3n) is 2.64. The van der Waals surface area contributed by atoms with Gasteiger partial charge in [-0.3, -0.25) is 4.98 Å².